The van der Waals surface area contributed by atoms with Crippen LogP contribution in [0, 0.1) is 0 Å². The molecule has 0 saturated heterocycles. The van der Waals surface area contributed by atoms with Crippen molar-refractivity contribution in [2.45, 2.75) is 39.7 Å². The Labute approximate surface area is 128 Å². The van der Waals surface area contributed by atoms with Crippen molar-refractivity contribution in [1.82, 2.24) is 0 Å². The molecule has 1 atom stereocenters. The molecule has 0 heterocycles. The summed E-state index contributed by atoms with van der Waals surface area (Å²) >= 11 is 0. The van der Waals surface area contributed by atoms with Crippen LogP contribution in [0.5, 0.6) is 5.75 Å². The van der Waals surface area contributed by atoms with Crippen molar-refractivity contribution in [2.24, 2.45) is 0 Å². The Hall–Kier alpha value is -1.96. The molecule has 112 valence electrons. The maximum Gasteiger partial charge on any atom is 0.124 e. The second-order valence-corrected chi connectivity index (χ2v) is 5.24. The van der Waals surface area contributed by atoms with Crippen molar-refractivity contribution in [3.05, 3.63) is 59.7 Å². The third-order valence-corrected chi connectivity index (χ3v) is 3.59. The lowest BCUT2D eigenvalue weighted by molar-refractivity contribution is 0.335. The zero-order chi connectivity index (χ0) is 15.1. The van der Waals surface area contributed by atoms with Crippen molar-refractivity contribution in [2.75, 3.05) is 11.9 Å². The Kier molecular flexibility index (Phi) is 5.68. The highest BCUT2D eigenvalue weighted by Crippen LogP contribution is 2.29. The number of anilines is 1. The van der Waals surface area contributed by atoms with E-state index in [1.165, 1.54) is 16.8 Å². The molecular weight excluding hydrogens is 258 g/mol. The fourth-order valence-corrected chi connectivity index (χ4v) is 2.58. The van der Waals surface area contributed by atoms with Crippen molar-refractivity contribution in [3.8, 4) is 5.75 Å². The van der Waals surface area contributed by atoms with E-state index in [2.05, 4.69) is 55.6 Å². The smallest absolute Gasteiger partial charge is 0.124 e. The van der Waals surface area contributed by atoms with Crippen LogP contribution in [-0.2, 0) is 6.42 Å². The summed E-state index contributed by atoms with van der Waals surface area (Å²) in [5, 5.41) is 3.63. The van der Waals surface area contributed by atoms with E-state index in [0.717, 1.165) is 18.6 Å². The molecule has 2 aromatic carbocycles. The van der Waals surface area contributed by atoms with Crippen LogP contribution in [0.15, 0.2) is 48.5 Å². The summed E-state index contributed by atoms with van der Waals surface area (Å²) in [6, 6.07) is 17.0. The number of rotatable bonds is 7. The van der Waals surface area contributed by atoms with Gasteiger partial charge in [0.25, 0.3) is 0 Å². The van der Waals surface area contributed by atoms with Crippen LogP contribution in [0.3, 0.4) is 0 Å². The standard InChI is InChI=1S/C19H25NO/c1-4-10-16-11-6-8-13-18(16)20-15(3)17-12-7-9-14-19(17)21-5-2/h6-9,11-15,20H,4-5,10H2,1-3H3. The lowest BCUT2D eigenvalue weighted by atomic mass is 10.0. The molecular formula is C19H25NO. The maximum absolute atomic E-state index is 5.73. The molecule has 21 heavy (non-hydrogen) atoms. The van der Waals surface area contributed by atoms with Crippen LogP contribution >= 0.6 is 0 Å². The summed E-state index contributed by atoms with van der Waals surface area (Å²) in [5.74, 6) is 0.966. The molecule has 0 aliphatic carbocycles. The summed E-state index contributed by atoms with van der Waals surface area (Å²) in [6.07, 6.45) is 2.26. The maximum atomic E-state index is 5.73. The van der Waals surface area contributed by atoms with Crippen molar-refractivity contribution in [1.29, 1.82) is 0 Å². The van der Waals surface area contributed by atoms with Gasteiger partial charge in [0, 0.05) is 11.3 Å². The van der Waals surface area contributed by atoms with Crippen molar-refractivity contribution >= 4 is 5.69 Å². The van der Waals surface area contributed by atoms with Gasteiger partial charge in [-0.2, -0.15) is 0 Å². The van der Waals surface area contributed by atoms with Crippen LogP contribution < -0.4 is 10.1 Å². The fraction of sp³-hybridized carbons (Fsp3) is 0.368. The molecule has 2 aromatic rings. The molecule has 2 heteroatoms. The fourth-order valence-electron chi connectivity index (χ4n) is 2.58. The van der Waals surface area contributed by atoms with Gasteiger partial charge >= 0.3 is 0 Å². The van der Waals surface area contributed by atoms with Crippen LogP contribution in [0.4, 0.5) is 5.69 Å². The van der Waals surface area contributed by atoms with Crippen LogP contribution in [0.25, 0.3) is 0 Å². The molecule has 0 aliphatic heterocycles. The second kappa shape index (κ2) is 7.72. The Morgan fingerprint density at radius 1 is 1.00 bits per heavy atom. The van der Waals surface area contributed by atoms with E-state index in [-0.39, 0.29) is 6.04 Å². The third kappa shape index (κ3) is 4.01. The van der Waals surface area contributed by atoms with Crippen molar-refractivity contribution < 1.29 is 4.74 Å². The van der Waals surface area contributed by atoms with E-state index in [1.54, 1.807) is 0 Å². The van der Waals surface area contributed by atoms with E-state index in [1.807, 2.05) is 19.1 Å². The normalized spacial score (nSPS) is 12.0. The van der Waals surface area contributed by atoms with Gasteiger partial charge in [-0.15, -0.1) is 0 Å². The molecule has 0 saturated carbocycles. The van der Waals surface area contributed by atoms with E-state index >= 15 is 0 Å². The summed E-state index contributed by atoms with van der Waals surface area (Å²) in [7, 11) is 0. The average Bonchev–Trinajstić information content (AvgIpc) is 2.50. The molecule has 1 unspecified atom stereocenters. The zero-order valence-corrected chi connectivity index (χ0v) is 13.2. The minimum atomic E-state index is 0.214. The minimum Gasteiger partial charge on any atom is -0.494 e. The first kappa shape index (κ1) is 15.4. The number of aryl methyl sites for hydroxylation is 1. The minimum absolute atomic E-state index is 0.214. The van der Waals surface area contributed by atoms with Crippen LogP contribution in [-0.4, -0.2) is 6.61 Å². The number of ether oxygens (including phenoxy) is 1. The number of nitrogens with one attached hydrogen (secondary N) is 1. The Morgan fingerprint density at radius 2 is 1.71 bits per heavy atom. The van der Waals surface area contributed by atoms with Gasteiger partial charge < -0.3 is 10.1 Å². The summed E-state index contributed by atoms with van der Waals surface area (Å²) in [5.41, 5.74) is 3.80. The lowest BCUT2D eigenvalue weighted by Gasteiger charge is -2.20. The molecule has 2 rings (SSSR count). The third-order valence-electron chi connectivity index (χ3n) is 3.59. The summed E-state index contributed by atoms with van der Waals surface area (Å²) in [4.78, 5) is 0. The van der Waals surface area contributed by atoms with Gasteiger partial charge in [-0.25, -0.2) is 0 Å². The van der Waals surface area contributed by atoms with Crippen LogP contribution in [0.2, 0.25) is 0 Å². The zero-order valence-electron chi connectivity index (χ0n) is 13.2. The average molecular weight is 283 g/mol. The monoisotopic (exact) mass is 283 g/mol. The van der Waals surface area contributed by atoms with Gasteiger partial charge in [0.2, 0.25) is 0 Å². The Bertz CT molecular complexity index is 565. The molecule has 0 spiro atoms. The highest BCUT2D eigenvalue weighted by Gasteiger charge is 2.12. The first-order valence-corrected chi connectivity index (χ1v) is 7.82. The van der Waals surface area contributed by atoms with E-state index in [0.29, 0.717) is 6.61 Å². The largest absolute Gasteiger partial charge is 0.494 e. The number of benzene rings is 2. The molecule has 0 fully saturated rings. The van der Waals surface area contributed by atoms with Gasteiger partial charge in [-0.1, -0.05) is 49.7 Å². The topological polar surface area (TPSA) is 21.3 Å². The van der Waals surface area contributed by atoms with E-state index in [4.69, 9.17) is 4.74 Å². The Morgan fingerprint density at radius 3 is 2.48 bits per heavy atom. The second-order valence-electron chi connectivity index (χ2n) is 5.24. The van der Waals surface area contributed by atoms with Gasteiger partial charge in [0.15, 0.2) is 0 Å². The summed E-state index contributed by atoms with van der Waals surface area (Å²) < 4.78 is 5.73. The predicted octanol–water partition coefficient (Wildman–Crippen LogP) is 5.21. The number of hydrogen-bond donors (Lipinski definition) is 1. The Balaban J connectivity index is 2.20. The first-order chi connectivity index (χ1) is 10.3. The molecule has 0 bridgehead atoms. The predicted molar refractivity (Wildman–Crippen MR) is 90.1 cm³/mol. The molecule has 1 N–H and O–H groups in total. The van der Waals surface area contributed by atoms with Gasteiger partial charge in [0.05, 0.1) is 12.6 Å². The molecule has 0 amide bonds. The van der Waals surface area contributed by atoms with Gasteiger partial charge in [0.1, 0.15) is 5.75 Å². The molecule has 0 radical (unpaired) electrons. The highest BCUT2D eigenvalue weighted by molar-refractivity contribution is 5.53. The van der Waals surface area contributed by atoms with E-state index in [9.17, 15) is 0 Å². The number of hydrogen-bond acceptors (Lipinski definition) is 2. The molecule has 0 aromatic heterocycles. The molecule has 2 nitrogen and oxygen atoms in total. The SMILES string of the molecule is CCCc1ccccc1NC(C)c1ccccc1OCC. The summed E-state index contributed by atoms with van der Waals surface area (Å²) in [6.45, 7) is 7.10. The lowest BCUT2D eigenvalue weighted by Crippen LogP contribution is -2.10. The highest BCUT2D eigenvalue weighted by atomic mass is 16.5. The van der Waals surface area contributed by atoms with Gasteiger partial charge in [-0.3, -0.25) is 0 Å². The van der Waals surface area contributed by atoms with Crippen LogP contribution in [0.1, 0.15) is 44.4 Å². The van der Waals surface area contributed by atoms with Crippen molar-refractivity contribution in [3.63, 3.8) is 0 Å². The first-order valence-electron chi connectivity index (χ1n) is 7.82. The quantitative estimate of drug-likeness (QED) is 0.753. The van der Waals surface area contributed by atoms with Gasteiger partial charge in [-0.05, 0) is 38.0 Å². The van der Waals surface area contributed by atoms with E-state index < -0.39 is 0 Å². The number of para-hydroxylation sites is 2. The molecule has 0 aliphatic rings.